The first-order chi connectivity index (χ1) is 9.01. The van der Waals surface area contributed by atoms with Gasteiger partial charge in [-0.1, -0.05) is 12.1 Å². The van der Waals surface area contributed by atoms with E-state index >= 15 is 0 Å². The van der Waals surface area contributed by atoms with Gasteiger partial charge >= 0.3 is 12.0 Å². The van der Waals surface area contributed by atoms with Crippen LogP contribution in [0.25, 0.3) is 0 Å². The topological polar surface area (TPSA) is 69.6 Å². The third kappa shape index (κ3) is 3.54. The Bertz CT molecular complexity index is 503. The molecule has 102 valence electrons. The van der Waals surface area contributed by atoms with Crippen molar-refractivity contribution in [3.63, 3.8) is 0 Å². The molecule has 0 heterocycles. The molecular formula is C13H15FN2O3. The van der Waals surface area contributed by atoms with Gasteiger partial charge in [-0.05, 0) is 19.1 Å². The lowest BCUT2D eigenvalue weighted by atomic mass is 10.1. The van der Waals surface area contributed by atoms with Crippen LogP contribution in [0.15, 0.2) is 30.9 Å². The van der Waals surface area contributed by atoms with Crippen LogP contribution in [0.3, 0.4) is 0 Å². The number of amides is 2. The monoisotopic (exact) mass is 266 g/mol. The van der Waals surface area contributed by atoms with Gasteiger partial charge < -0.3 is 15.3 Å². The number of carbonyl (C=O) groups excluding carboxylic acids is 1. The molecule has 0 aliphatic carbocycles. The first-order valence-corrected chi connectivity index (χ1v) is 5.69. The highest BCUT2D eigenvalue weighted by molar-refractivity contribution is 6.00. The first kappa shape index (κ1) is 14.7. The van der Waals surface area contributed by atoms with Crippen molar-refractivity contribution in [3.8, 4) is 0 Å². The SMILES string of the molecule is C=CCN(CC)C(=O)Nc1c(F)cccc1C(=O)O. The van der Waals surface area contributed by atoms with Gasteiger partial charge in [0.25, 0.3) is 0 Å². The summed E-state index contributed by atoms with van der Waals surface area (Å²) in [7, 11) is 0. The van der Waals surface area contributed by atoms with Crippen molar-refractivity contribution >= 4 is 17.7 Å². The Morgan fingerprint density at radius 3 is 2.74 bits per heavy atom. The number of anilines is 1. The normalized spacial score (nSPS) is 9.79. The minimum absolute atomic E-state index is 0.289. The minimum Gasteiger partial charge on any atom is -0.478 e. The summed E-state index contributed by atoms with van der Waals surface area (Å²) in [6, 6.07) is 3.02. The molecule has 0 spiro atoms. The van der Waals surface area contributed by atoms with Crippen LogP contribution in [-0.2, 0) is 0 Å². The number of urea groups is 1. The standard InChI is InChI=1S/C13H15FN2O3/c1-3-8-16(4-2)13(19)15-11-9(12(17)18)6-5-7-10(11)14/h3,5-7H,1,4,8H2,2H3,(H,15,19)(H,17,18). The molecule has 0 unspecified atom stereocenters. The molecule has 0 aliphatic rings. The molecule has 0 atom stereocenters. The molecular weight excluding hydrogens is 251 g/mol. The molecule has 0 aliphatic heterocycles. The molecule has 6 heteroatoms. The number of benzene rings is 1. The number of carbonyl (C=O) groups is 2. The summed E-state index contributed by atoms with van der Waals surface area (Å²) >= 11 is 0. The van der Waals surface area contributed by atoms with Gasteiger partial charge in [0.15, 0.2) is 0 Å². The molecule has 5 nitrogen and oxygen atoms in total. The van der Waals surface area contributed by atoms with Gasteiger partial charge in [0.2, 0.25) is 0 Å². The number of nitrogens with one attached hydrogen (secondary N) is 1. The maximum atomic E-state index is 13.6. The Balaban J connectivity index is 3.01. The van der Waals surface area contributed by atoms with Crippen molar-refractivity contribution < 1.29 is 19.1 Å². The second-order valence-corrected chi connectivity index (χ2v) is 3.73. The van der Waals surface area contributed by atoms with Crippen LogP contribution in [0.2, 0.25) is 0 Å². The van der Waals surface area contributed by atoms with E-state index in [-0.39, 0.29) is 11.3 Å². The molecule has 0 radical (unpaired) electrons. The summed E-state index contributed by atoms with van der Waals surface area (Å²) in [5.74, 6) is -2.09. The van der Waals surface area contributed by atoms with Crippen molar-refractivity contribution in [2.75, 3.05) is 18.4 Å². The predicted octanol–water partition coefficient (Wildman–Crippen LogP) is 2.56. The van der Waals surface area contributed by atoms with Crippen molar-refractivity contribution in [3.05, 3.63) is 42.2 Å². The zero-order chi connectivity index (χ0) is 14.4. The van der Waals surface area contributed by atoms with E-state index in [0.717, 1.165) is 6.07 Å². The van der Waals surface area contributed by atoms with Gasteiger partial charge in [-0.25, -0.2) is 14.0 Å². The number of halogens is 1. The number of aromatic carboxylic acids is 1. The summed E-state index contributed by atoms with van der Waals surface area (Å²) in [6.07, 6.45) is 1.53. The Morgan fingerprint density at radius 2 is 2.21 bits per heavy atom. The van der Waals surface area contributed by atoms with Crippen molar-refractivity contribution in [2.24, 2.45) is 0 Å². The van der Waals surface area contributed by atoms with Gasteiger partial charge in [0.1, 0.15) is 5.82 Å². The Hall–Kier alpha value is -2.37. The molecule has 0 fully saturated rings. The van der Waals surface area contributed by atoms with E-state index in [9.17, 15) is 14.0 Å². The van der Waals surface area contributed by atoms with Gasteiger partial charge in [-0.2, -0.15) is 0 Å². The van der Waals surface area contributed by atoms with Crippen LogP contribution in [0.5, 0.6) is 0 Å². The number of nitrogens with zero attached hydrogens (tertiary/aromatic N) is 1. The molecule has 0 saturated heterocycles. The third-order valence-corrected chi connectivity index (χ3v) is 2.49. The van der Waals surface area contributed by atoms with Gasteiger partial charge in [0.05, 0.1) is 11.3 Å². The summed E-state index contributed by atoms with van der Waals surface area (Å²) in [4.78, 5) is 24.2. The van der Waals surface area contributed by atoms with E-state index in [1.165, 1.54) is 23.1 Å². The maximum Gasteiger partial charge on any atom is 0.337 e. The molecule has 0 aromatic heterocycles. The molecule has 1 aromatic carbocycles. The van der Waals surface area contributed by atoms with E-state index < -0.39 is 17.8 Å². The predicted molar refractivity (Wildman–Crippen MR) is 69.8 cm³/mol. The number of carboxylic acids is 1. The number of hydrogen-bond acceptors (Lipinski definition) is 2. The molecule has 2 N–H and O–H groups in total. The fourth-order valence-corrected chi connectivity index (χ4v) is 1.53. The fraction of sp³-hybridized carbons (Fsp3) is 0.231. The van der Waals surface area contributed by atoms with E-state index in [4.69, 9.17) is 5.11 Å². The lowest BCUT2D eigenvalue weighted by Gasteiger charge is -2.20. The van der Waals surface area contributed by atoms with Gasteiger partial charge in [-0.15, -0.1) is 6.58 Å². The highest BCUT2D eigenvalue weighted by Crippen LogP contribution is 2.20. The van der Waals surface area contributed by atoms with Crippen molar-refractivity contribution in [1.29, 1.82) is 0 Å². The average molecular weight is 266 g/mol. The highest BCUT2D eigenvalue weighted by Gasteiger charge is 2.18. The smallest absolute Gasteiger partial charge is 0.337 e. The number of hydrogen-bond donors (Lipinski definition) is 2. The van der Waals surface area contributed by atoms with Crippen LogP contribution < -0.4 is 5.32 Å². The maximum absolute atomic E-state index is 13.6. The Kier molecular flexibility index (Phi) is 5.05. The number of para-hydroxylation sites is 1. The zero-order valence-corrected chi connectivity index (χ0v) is 10.5. The van der Waals surface area contributed by atoms with Crippen LogP contribution >= 0.6 is 0 Å². The van der Waals surface area contributed by atoms with Gasteiger partial charge in [-0.3, -0.25) is 0 Å². The fourth-order valence-electron chi connectivity index (χ4n) is 1.53. The average Bonchev–Trinajstić information content (AvgIpc) is 2.37. The molecule has 1 rings (SSSR count). The molecule has 2 amide bonds. The second kappa shape index (κ2) is 6.53. The summed E-state index contributed by atoms with van der Waals surface area (Å²) in [5.41, 5.74) is -0.620. The lowest BCUT2D eigenvalue weighted by Crippen LogP contribution is -2.35. The Morgan fingerprint density at radius 1 is 1.53 bits per heavy atom. The number of rotatable bonds is 5. The molecule has 0 saturated carbocycles. The quantitative estimate of drug-likeness (QED) is 0.805. The van der Waals surface area contributed by atoms with Gasteiger partial charge in [0, 0.05) is 13.1 Å². The molecule has 1 aromatic rings. The van der Waals surface area contributed by atoms with Crippen LogP contribution in [-0.4, -0.2) is 35.1 Å². The van der Waals surface area contributed by atoms with E-state index in [1.54, 1.807) is 6.92 Å². The molecule has 19 heavy (non-hydrogen) atoms. The summed E-state index contributed by atoms with van der Waals surface area (Å²) < 4.78 is 13.6. The number of likely N-dealkylation sites (N-methyl/N-ethyl adjacent to an activating group) is 1. The minimum atomic E-state index is -1.30. The largest absolute Gasteiger partial charge is 0.478 e. The van der Waals surface area contributed by atoms with Crippen LogP contribution in [0.4, 0.5) is 14.9 Å². The van der Waals surface area contributed by atoms with E-state index in [0.29, 0.717) is 13.1 Å². The first-order valence-electron chi connectivity index (χ1n) is 5.69. The highest BCUT2D eigenvalue weighted by atomic mass is 19.1. The summed E-state index contributed by atoms with van der Waals surface area (Å²) in [6.45, 7) is 5.95. The van der Waals surface area contributed by atoms with E-state index in [1.807, 2.05) is 0 Å². The Labute approximate surface area is 110 Å². The zero-order valence-electron chi connectivity index (χ0n) is 10.5. The van der Waals surface area contributed by atoms with E-state index in [2.05, 4.69) is 11.9 Å². The van der Waals surface area contributed by atoms with Crippen LogP contribution in [0.1, 0.15) is 17.3 Å². The second-order valence-electron chi connectivity index (χ2n) is 3.73. The van der Waals surface area contributed by atoms with Crippen molar-refractivity contribution in [1.82, 2.24) is 4.90 Å². The van der Waals surface area contributed by atoms with Crippen molar-refractivity contribution in [2.45, 2.75) is 6.92 Å². The summed E-state index contributed by atoms with van der Waals surface area (Å²) in [5, 5.41) is 11.2. The van der Waals surface area contributed by atoms with Crippen LogP contribution in [0, 0.1) is 5.82 Å². The third-order valence-electron chi connectivity index (χ3n) is 2.49. The molecule has 0 bridgehead atoms. The number of carboxylic acid groups (broad SMARTS) is 1. The lowest BCUT2D eigenvalue weighted by molar-refractivity contribution is 0.0697.